The molecule has 0 aliphatic carbocycles. The zero-order valence-electron chi connectivity index (χ0n) is 17.6. The third-order valence-corrected chi connectivity index (χ3v) is 5.60. The molecule has 0 N–H and O–H groups in total. The Bertz CT molecular complexity index is 1100. The Morgan fingerprint density at radius 1 is 1.16 bits per heavy atom. The van der Waals surface area contributed by atoms with E-state index in [1.54, 1.807) is 11.0 Å². The summed E-state index contributed by atoms with van der Waals surface area (Å²) < 4.78 is 39.2. The van der Waals surface area contributed by atoms with E-state index < -0.39 is 11.7 Å². The molecule has 3 heterocycles. The summed E-state index contributed by atoms with van der Waals surface area (Å²) in [6.45, 7) is 3.05. The summed E-state index contributed by atoms with van der Waals surface area (Å²) in [6, 6.07) is 9.26. The molecule has 3 aromatic rings. The highest BCUT2D eigenvalue weighted by Gasteiger charge is 2.30. The molecule has 166 valence electrons. The van der Waals surface area contributed by atoms with Gasteiger partial charge in [0, 0.05) is 42.8 Å². The summed E-state index contributed by atoms with van der Waals surface area (Å²) in [7, 11) is 0. The lowest BCUT2D eigenvalue weighted by Gasteiger charge is -2.32. The van der Waals surface area contributed by atoms with Gasteiger partial charge in [0.1, 0.15) is 5.69 Å². The van der Waals surface area contributed by atoms with Crippen LogP contribution in [-0.2, 0) is 12.6 Å². The molecule has 1 atom stereocenters. The highest BCUT2D eigenvalue weighted by atomic mass is 19.4. The number of aromatic nitrogens is 3. The lowest BCUT2D eigenvalue weighted by atomic mass is 9.92. The molecule has 4 rings (SSSR count). The number of aryl methyl sites for hydroxylation is 1. The van der Waals surface area contributed by atoms with E-state index in [-0.39, 0.29) is 11.8 Å². The van der Waals surface area contributed by atoms with Gasteiger partial charge in [-0.2, -0.15) is 13.2 Å². The van der Waals surface area contributed by atoms with Crippen molar-refractivity contribution in [1.82, 2.24) is 19.9 Å². The number of benzene rings is 1. The van der Waals surface area contributed by atoms with E-state index in [2.05, 4.69) is 15.0 Å². The first kappa shape index (κ1) is 21.9. The quantitative estimate of drug-likeness (QED) is 0.584. The highest BCUT2D eigenvalue weighted by Crippen LogP contribution is 2.31. The second-order valence-corrected chi connectivity index (χ2v) is 8.10. The van der Waals surface area contributed by atoms with Crippen molar-refractivity contribution in [3.05, 3.63) is 88.8 Å². The fourth-order valence-electron chi connectivity index (χ4n) is 4.15. The fraction of sp³-hybridized carbons (Fsp3) is 0.333. The summed E-state index contributed by atoms with van der Waals surface area (Å²) in [5, 5.41) is 0. The topological polar surface area (TPSA) is 59.0 Å². The summed E-state index contributed by atoms with van der Waals surface area (Å²) in [6.07, 6.45) is 2.24. The van der Waals surface area contributed by atoms with Gasteiger partial charge in [-0.3, -0.25) is 14.8 Å². The Morgan fingerprint density at radius 2 is 2.00 bits per heavy atom. The molecule has 1 saturated heterocycles. The van der Waals surface area contributed by atoms with Gasteiger partial charge in [-0.15, -0.1) is 0 Å². The summed E-state index contributed by atoms with van der Waals surface area (Å²) in [5.74, 6) is -0.0934. The number of likely N-dealkylation sites (tertiary alicyclic amines) is 1. The third-order valence-electron chi connectivity index (χ3n) is 5.60. The Hall–Kier alpha value is -3.29. The molecule has 1 fully saturated rings. The monoisotopic (exact) mass is 440 g/mol. The number of rotatable bonds is 4. The molecular formula is C24H23F3N4O. The molecule has 8 heteroatoms. The Kier molecular flexibility index (Phi) is 6.21. The van der Waals surface area contributed by atoms with E-state index in [0.717, 1.165) is 35.9 Å². The number of piperidine rings is 1. The van der Waals surface area contributed by atoms with Gasteiger partial charge in [0.2, 0.25) is 0 Å². The van der Waals surface area contributed by atoms with Crippen molar-refractivity contribution in [3.63, 3.8) is 0 Å². The number of carbonyl (C=O) groups is 1. The van der Waals surface area contributed by atoms with Gasteiger partial charge in [0.15, 0.2) is 0 Å². The molecule has 0 spiro atoms. The van der Waals surface area contributed by atoms with E-state index >= 15 is 0 Å². The molecule has 32 heavy (non-hydrogen) atoms. The second kappa shape index (κ2) is 9.06. The van der Waals surface area contributed by atoms with Gasteiger partial charge in [-0.05, 0) is 55.5 Å². The van der Waals surface area contributed by atoms with E-state index in [4.69, 9.17) is 0 Å². The van der Waals surface area contributed by atoms with Gasteiger partial charge >= 0.3 is 6.18 Å². The van der Waals surface area contributed by atoms with Crippen LogP contribution >= 0.6 is 0 Å². The first-order chi connectivity index (χ1) is 15.3. The van der Waals surface area contributed by atoms with Crippen LogP contribution in [0.2, 0.25) is 0 Å². The molecule has 0 radical (unpaired) electrons. The molecule has 1 amide bonds. The van der Waals surface area contributed by atoms with Crippen LogP contribution in [-0.4, -0.2) is 38.8 Å². The van der Waals surface area contributed by atoms with E-state index in [9.17, 15) is 18.0 Å². The van der Waals surface area contributed by atoms with E-state index in [1.165, 1.54) is 30.7 Å². The van der Waals surface area contributed by atoms with Crippen LogP contribution in [0.15, 0.2) is 55.0 Å². The Balaban J connectivity index is 1.53. The van der Waals surface area contributed by atoms with Gasteiger partial charge in [-0.1, -0.05) is 18.2 Å². The summed E-state index contributed by atoms with van der Waals surface area (Å²) in [5.41, 5.74) is 2.84. The molecule has 0 unspecified atom stereocenters. The average Bonchev–Trinajstić information content (AvgIpc) is 2.78. The van der Waals surface area contributed by atoms with Gasteiger partial charge in [-0.25, -0.2) is 4.98 Å². The molecule has 1 aromatic carbocycles. The molecule has 1 aliphatic rings. The Labute approximate surface area is 184 Å². The van der Waals surface area contributed by atoms with Crippen molar-refractivity contribution in [2.24, 2.45) is 0 Å². The summed E-state index contributed by atoms with van der Waals surface area (Å²) >= 11 is 0. The van der Waals surface area contributed by atoms with Crippen LogP contribution in [0.1, 0.15) is 57.3 Å². The van der Waals surface area contributed by atoms with Gasteiger partial charge < -0.3 is 4.90 Å². The lowest BCUT2D eigenvalue weighted by molar-refractivity contribution is -0.137. The highest BCUT2D eigenvalue weighted by molar-refractivity contribution is 5.92. The molecule has 2 aromatic heterocycles. The second-order valence-electron chi connectivity index (χ2n) is 8.10. The maximum Gasteiger partial charge on any atom is 0.416 e. The number of hydrogen-bond donors (Lipinski definition) is 0. The molecule has 0 bridgehead atoms. The smallest absolute Gasteiger partial charge is 0.337 e. The van der Waals surface area contributed by atoms with Crippen molar-refractivity contribution in [1.29, 1.82) is 0 Å². The SMILES string of the molecule is Cc1cc(Cc2cccc(C(F)(F)F)c2)cc([C@@H]2CCCN(C(=O)c3cnccn3)C2)n1. The van der Waals surface area contributed by atoms with Crippen LogP contribution in [0.5, 0.6) is 0 Å². The zero-order valence-corrected chi connectivity index (χ0v) is 17.6. The minimum atomic E-state index is -4.36. The van der Waals surface area contributed by atoms with Crippen molar-refractivity contribution < 1.29 is 18.0 Å². The number of amides is 1. The Morgan fingerprint density at radius 3 is 2.75 bits per heavy atom. The fourth-order valence-corrected chi connectivity index (χ4v) is 4.15. The number of carbonyl (C=O) groups excluding carboxylic acids is 1. The third kappa shape index (κ3) is 5.12. The first-order valence-corrected chi connectivity index (χ1v) is 10.5. The standard InChI is InChI=1S/C24H23F3N4O/c1-16-10-18(11-17-4-2-6-20(12-17)24(25,26)27)13-21(30-16)19-5-3-9-31(15-19)23(32)22-14-28-7-8-29-22/h2,4,6-8,10,12-14,19H,3,5,9,11,15H2,1H3/t19-/m1/s1. The minimum Gasteiger partial charge on any atom is -0.337 e. The maximum atomic E-state index is 13.1. The molecular weight excluding hydrogens is 417 g/mol. The van der Waals surface area contributed by atoms with E-state index in [1.807, 2.05) is 19.1 Å². The van der Waals surface area contributed by atoms with Crippen molar-refractivity contribution in [2.75, 3.05) is 13.1 Å². The van der Waals surface area contributed by atoms with Crippen LogP contribution in [0.3, 0.4) is 0 Å². The summed E-state index contributed by atoms with van der Waals surface area (Å²) in [4.78, 5) is 27.3. The number of alkyl halides is 3. The average molecular weight is 440 g/mol. The number of halogens is 3. The molecule has 1 aliphatic heterocycles. The number of pyridine rings is 1. The van der Waals surface area contributed by atoms with Crippen LogP contribution in [0, 0.1) is 6.92 Å². The predicted molar refractivity (Wildman–Crippen MR) is 113 cm³/mol. The van der Waals surface area contributed by atoms with E-state index in [0.29, 0.717) is 30.8 Å². The van der Waals surface area contributed by atoms with Crippen LogP contribution in [0.25, 0.3) is 0 Å². The lowest BCUT2D eigenvalue weighted by Crippen LogP contribution is -2.39. The normalized spacial score (nSPS) is 16.8. The van der Waals surface area contributed by atoms with Gasteiger partial charge in [0.25, 0.3) is 5.91 Å². The van der Waals surface area contributed by atoms with Crippen LogP contribution < -0.4 is 0 Å². The minimum absolute atomic E-state index is 0.0598. The number of hydrogen-bond acceptors (Lipinski definition) is 4. The van der Waals surface area contributed by atoms with Crippen molar-refractivity contribution in [3.8, 4) is 0 Å². The largest absolute Gasteiger partial charge is 0.416 e. The maximum absolute atomic E-state index is 13.1. The first-order valence-electron chi connectivity index (χ1n) is 10.5. The zero-order chi connectivity index (χ0) is 22.7. The molecule has 0 saturated carbocycles. The van der Waals surface area contributed by atoms with Crippen LogP contribution in [0.4, 0.5) is 13.2 Å². The van der Waals surface area contributed by atoms with Crippen molar-refractivity contribution >= 4 is 5.91 Å². The van der Waals surface area contributed by atoms with Gasteiger partial charge in [0.05, 0.1) is 11.8 Å². The molecule has 5 nitrogen and oxygen atoms in total. The predicted octanol–water partition coefficient (Wildman–Crippen LogP) is 4.81. The van der Waals surface area contributed by atoms with Crippen molar-refractivity contribution in [2.45, 2.75) is 38.3 Å². The number of nitrogens with zero attached hydrogens (tertiary/aromatic N) is 4.